The molecule has 1 amide bonds. The van der Waals surface area contributed by atoms with Gasteiger partial charge < -0.3 is 9.80 Å². The third kappa shape index (κ3) is 3.47. The van der Waals surface area contributed by atoms with E-state index in [1.54, 1.807) is 12.5 Å². The number of carbonyl (C=O) groups is 1. The van der Waals surface area contributed by atoms with Gasteiger partial charge >= 0.3 is 0 Å². The summed E-state index contributed by atoms with van der Waals surface area (Å²) in [4.78, 5) is 30.0. The summed E-state index contributed by atoms with van der Waals surface area (Å²) in [5, 5.41) is 0. The number of benzene rings is 1. The van der Waals surface area contributed by atoms with Gasteiger partial charge in [0.15, 0.2) is 0 Å². The molecule has 1 saturated heterocycles. The Kier molecular flexibility index (Phi) is 4.81. The van der Waals surface area contributed by atoms with Crippen LogP contribution in [-0.2, 0) is 0 Å². The topological polar surface area (TPSA) is 67.2 Å². The number of aryl methyl sites for hydroxylation is 3. The van der Waals surface area contributed by atoms with Crippen molar-refractivity contribution in [2.24, 2.45) is 0 Å². The van der Waals surface area contributed by atoms with Crippen molar-refractivity contribution in [1.29, 1.82) is 0 Å². The fourth-order valence-corrected chi connectivity index (χ4v) is 3.46. The van der Waals surface area contributed by atoms with E-state index in [1.807, 2.05) is 53.8 Å². The highest BCUT2D eigenvalue weighted by Gasteiger charge is 2.23. The zero-order chi connectivity index (χ0) is 19.7. The number of nitrogens with zero attached hydrogens (tertiary/aromatic N) is 6. The Hall–Kier alpha value is -3.22. The van der Waals surface area contributed by atoms with Crippen LogP contribution in [0.2, 0.25) is 0 Å². The van der Waals surface area contributed by atoms with E-state index in [1.165, 1.54) is 5.56 Å². The Labute approximate surface area is 164 Å². The highest BCUT2D eigenvalue weighted by atomic mass is 16.2. The molecule has 0 spiro atoms. The van der Waals surface area contributed by atoms with Gasteiger partial charge in [0.05, 0.1) is 0 Å². The minimum atomic E-state index is 0.0974. The number of amides is 1. The quantitative estimate of drug-likeness (QED) is 0.703. The average molecular weight is 376 g/mol. The Bertz CT molecular complexity index is 1000. The molecule has 1 aliphatic heterocycles. The van der Waals surface area contributed by atoms with E-state index in [2.05, 4.69) is 26.8 Å². The van der Waals surface area contributed by atoms with Crippen molar-refractivity contribution in [2.75, 3.05) is 31.1 Å². The zero-order valence-electron chi connectivity index (χ0n) is 16.5. The van der Waals surface area contributed by atoms with Crippen molar-refractivity contribution in [1.82, 2.24) is 24.4 Å². The van der Waals surface area contributed by atoms with Gasteiger partial charge in [-0.05, 0) is 44.0 Å². The minimum Gasteiger partial charge on any atom is -0.353 e. The van der Waals surface area contributed by atoms with Crippen molar-refractivity contribution < 1.29 is 4.79 Å². The van der Waals surface area contributed by atoms with Crippen LogP contribution in [-0.4, -0.2) is 56.5 Å². The fourth-order valence-electron chi connectivity index (χ4n) is 3.46. The van der Waals surface area contributed by atoms with Crippen molar-refractivity contribution >= 4 is 11.7 Å². The lowest BCUT2D eigenvalue weighted by molar-refractivity contribution is 0.0746. The van der Waals surface area contributed by atoms with E-state index in [-0.39, 0.29) is 5.91 Å². The molecule has 0 bridgehead atoms. The predicted octanol–water partition coefficient (Wildman–Crippen LogP) is 2.55. The smallest absolute Gasteiger partial charge is 0.253 e. The maximum atomic E-state index is 12.8. The molecule has 7 heteroatoms. The molecule has 1 aromatic carbocycles. The third-order valence-electron chi connectivity index (χ3n) is 5.36. The van der Waals surface area contributed by atoms with Gasteiger partial charge in [-0.2, -0.15) is 0 Å². The molecule has 3 heterocycles. The molecule has 1 fully saturated rings. The number of hydrogen-bond acceptors (Lipinski definition) is 5. The summed E-state index contributed by atoms with van der Waals surface area (Å²) in [7, 11) is 0. The average Bonchev–Trinajstić information content (AvgIpc) is 3.16. The van der Waals surface area contributed by atoms with Crippen LogP contribution in [0, 0.1) is 20.8 Å². The number of piperazine rings is 1. The van der Waals surface area contributed by atoms with Crippen LogP contribution >= 0.6 is 0 Å². The molecule has 7 nitrogen and oxygen atoms in total. The second kappa shape index (κ2) is 7.42. The van der Waals surface area contributed by atoms with Gasteiger partial charge in [-0.1, -0.05) is 6.07 Å². The summed E-state index contributed by atoms with van der Waals surface area (Å²) in [6.07, 6.45) is 5.23. The summed E-state index contributed by atoms with van der Waals surface area (Å²) in [6, 6.07) is 7.88. The Morgan fingerprint density at radius 1 is 0.893 bits per heavy atom. The molecule has 4 rings (SSSR count). The lowest BCUT2D eigenvalue weighted by Crippen LogP contribution is -2.49. The van der Waals surface area contributed by atoms with Crippen molar-refractivity contribution in [2.45, 2.75) is 20.8 Å². The largest absolute Gasteiger partial charge is 0.353 e. The second-order valence-electron chi connectivity index (χ2n) is 7.16. The summed E-state index contributed by atoms with van der Waals surface area (Å²) < 4.78 is 1.94. The number of rotatable bonds is 3. The van der Waals surface area contributed by atoms with Gasteiger partial charge in [-0.15, -0.1) is 0 Å². The minimum absolute atomic E-state index is 0.0974. The van der Waals surface area contributed by atoms with Crippen molar-refractivity contribution in [3.8, 4) is 5.82 Å². The van der Waals surface area contributed by atoms with Gasteiger partial charge in [0.25, 0.3) is 5.91 Å². The van der Waals surface area contributed by atoms with E-state index in [4.69, 9.17) is 0 Å². The van der Waals surface area contributed by atoms with Crippen molar-refractivity contribution in [3.05, 3.63) is 65.5 Å². The van der Waals surface area contributed by atoms with Crippen LogP contribution in [0.15, 0.2) is 43.0 Å². The normalized spacial score (nSPS) is 14.4. The lowest BCUT2D eigenvalue weighted by atomic mass is 10.1. The number of imidazole rings is 1. The Morgan fingerprint density at radius 2 is 1.64 bits per heavy atom. The second-order valence-corrected chi connectivity index (χ2v) is 7.16. The number of aromatic nitrogens is 4. The fraction of sp³-hybridized carbons (Fsp3) is 0.333. The van der Waals surface area contributed by atoms with Crippen LogP contribution in [0.1, 0.15) is 27.3 Å². The van der Waals surface area contributed by atoms with Gasteiger partial charge in [0.2, 0.25) is 0 Å². The van der Waals surface area contributed by atoms with E-state index in [9.17, 15) is 4.79 Å². The monoisotopic (exact) mass is 376 g/mol. The van der Waals surface area contributed by atoms with Crippen LogP contribution < -0.4 is 4.90 Å². The molecule has 0 N–H and O–H groups in total. The lowest BCUT2D eigenvalue weighted by Gasteiger charge is -2.35. The van der Waals surface area contributed by atoms with Gasteiger partial charge in [-0.25, -0.2) is 15.0 Å². The van der Waals surface area contributed by atoms with Crippen LogP contribution in [0.25, 0.3) is 5.82 Å². The first kappa shape index (κ1) is 18.2. The van der Waals surface area contributed by atoms with Crippen LogP contribution in [0.4, 0.5) is 5.82 Å². The van der Waals surface area contributed by atoms with E-state index >= 15 is 0 Å². The first-order chi connectivity index (χ1) is 13.5. The standard InChI is InChI=1S/C21H24N6O/c1-15-4-5-18(12-16(15)2)21(28)26-10-8-25(9-11-26)19-13-20(24-14-23-19)27-7-6-22-17(27)3/h4-7,12-14H,8-11H2,1-3H3. The molecule has 1 aliphatic rings. The molecular weight excluding hydrogens is 352 g/mol. The number of carbonyl (C=O) groups excluding carboxylic acids is 1. The van der Waals surface area contributed by atoms with Crippen molar-refractivity contribution in [3.63, 3.8) is 0 Å². The number of anilines is 1. The number of hydrogen-bond donors (Lipinski definition) is 0. The molecular formula is C21H24N6O. The first-order valence-electron chi connectivity index (χ1n) is 9.47. The maximum Gasteiger partial charge on any atom is 0.253 e. The Balaban J connectivity index is 1.45. The summed E-state index contributed by atoms with van der Waals surface area (Å²) in [6.45, 7) is 8.89. The van der Waals surface area contributed by atoms with Gasteiger partial charge in [-0.3, -0.25) is 9.36 Å². The first-order valence-corrected chi connectivity index (χ1v) is 9.47. The van der Waals surface area contributed by atoms with Gasteiger partial charge in [0.1, 0.15) is 23.8 Å². The zero-order valence-corrected chi connectivity index (χ0v) is 16.5. The SMILES string of the molecule is Cc1ccc(C(=O)N2CCN(c3cc(-n4ccnc4C)ncn3)CC2)cc1C. The molecule has 0 saturated carbocycles. The molecule has 3 aromatic rings. The molecule has 28 heavy (non-hydrogen) atoms. The van der Waals surface area contributed by atoms with E-state index in [0.717, 1.165) is 41.7 Å². The molecule has 0 atom stereocenters. The highest BCUT2D eigenvalue weighted by Crippen LogP contribution is 2.18. The highest BCUT2D eigenvalue weighted by molar-refractivity contribution is 5.94. The van der Waals surface area contributed by atoms with Crippen LogP contribution in [0.5, 0.6) is 0 Å². The van der Waals surface area contributed by atoms with Gasteiger partial charge in [0, 0.05) is 50.2 Å². The predicted molar refractivity (Wildman–Crippen MR) is 108 cm³/mol. The molecule has 0 unspecified atom stereocenters. The molecule has 0 radical (unpaired) electrons. The Morgan fingerprint density at radius 3 is 2.32 bits per heavy atom. The molecule has 2 aromatic heterocycles. The third-order valence-corrected chi connectivity index (χ3v) is 5.36. The summed E-state index contributed by atoms with van der Waals surface area (Å²) >= 11 is 0. The molecule has 144 valence electrons. The molecule has 0 aliphatic carbocycles. The maximum absolute atomic E-state index is 12.8. The van der Waals surface area contributed by atoms with Crippen LogP contribution in [0.3, 0.4) is 0 Å². The summed E-state index contributed by atoms with van der Waals surface area (Å²) in [5.41, 5.74) is 3.11. The van der Waals surface area contributed by atoms with E-state index < -0.39 is 0 Å². The summed E-state index contributed by atoms with van der Waals surface area (Å²) in [5.74, 6) is 2.65. The van der Waals surface area contributed by atoms with E-state index in [0.29, 0.717) is 13.1 Å².